The molecule has 0 aromatic carbocycles. The van der Waals surface area contributed by atoms with Crippen molar-refractivity contribution in [3.05, 3.63) is 11.8 Å². The minimum absolute atomic E-state index is 0.260. The highest BCUT2D eigenvalue weighted by Crippen LogP contribution is 2.15. The minimum atomic E-state index is -0.570. The Morgan fingerprint density at radius 1 is 1.47 bits per heavy atom. The largest absolute Gasteiger partial charge is 0.479 e. The molecule has 0 aliphatic heterocycles. The van der Waals surface area contributed by atoms with Crippen molar-refractivity contribution in [3.8, 4) is 5.88 Å². The first kappa shape index (κ1) is 15.5. The summed E-state index contributed by atoms with van der Waals surface area (Å²) in [4.78, 5) is 12.1. The number of hydrogen-bond donors (Lipinski definition) is 1. The van der Waals surface area contributed by atoms with Crippen molar-refractivity contribution in [1.82, 2.24) is 15.1 Å². The predicted molar refractivity (Wildman–Crippen MR) is 69.4 cm³/mol. The van der Waals surface area contributed by atoms with Crippen LogP contribution < -0.4 is 10.1 Å². The molecule has 0 saturated heterocycles. The van der Waals surface area contributed by atoms with Crippen molar-refractivity contribution in [2.45, 2.75) is 12.5 Å². The van der Waals surface area contributed by atoms with Crippen molar-refractivity contribution >= 4 is 5.91 Å². The van der Waals surface area contributed by atoms with E-state index in [1.165, 1.54) is 11.8 Å². The van der Waals surface area contributed by atoms with Crippen LogP contribution in [-0.4, -0.2) is 55.8 Å². The number of nitrogens with one attached hydrogen (secondary N) is 1. The van der Waals surface area contributed by atoms with E-state index in [1.54, 1.807) is 27.5 Å². The highest BCUT2D eigenvalue weighted by atomic mass is 16.5. The Kier molecular flexibility index (Phi) is 5.31. The summed E-state index contributed by atoms with van der Waals surface area (Å²) in [5, 5.41) is 6.81. The molecular formula is C12H21N3O4. The molecule has 19 heavy (non-hydrogen) atoms. The zero-order chi connectivity index (χ0) is 14.5. The van der Waals surface area contributed by atoms with Crippen LogP contribution in [0.3, 0.4) is 0 Å². The standard InChI is InChI=1S/C12H21N3O4/c1-12(19-5,8-17-3)7-13-10(16)9-6-15(2)14-11(9)18-4/h6H,7-8H2,1-5H3,(H,13,16). The Hall–Kier alpha value is -1.60. The Balaban J connectivity index is 2.69. The van der Waals surface area contributed by atoms with Gasteiger partial charge < -0.3 is 19.5 Å². The molecule has 0 aliphatic carbocycles. The molecule has 0 radical (unpaired) electrons. The summed E-state index contributed by atoms with van der Waals surface area (Å²) in [6, 6.07) is 0. The summed E-state index contributed by atoms with van der Waals surface area (Å²) < 4.78 is 17.0. The molecule has 1 atom stereocenters. The molecule has 1 rings (SSSR count). The normalized spacial score (nSPS) is 13.9. The first-order valence-corrected chi connectivity index (χ1v) is 5.85. The number of carbonyl (C=O) groups excluding carboxylic acids is 1. The Morgan fingerprint density at radius 2 is 2.16 bits per heavy atom. The fourth-order valence-corrected chi connectivity index (χ4v) is 1.62. The Morgan fingerprint density at radius 3 is 2.68 bits per heavy atom. The molecule has 0 aliphatic rings. The molecule has 108 valence electrons. The lowest BCUT2D eigenvalue weighted by atomic mass is 10.1. The van der Waals surface area contributed by atoms with E-state index in [-0.39, 0.29) is 5.91 Å². The molecule has 0 saturated carbocycles. The van der Waals surface area contributed by atoms with Crippen LogP contribution in [0, 0.1) is 0 Å². The van der Waals surface area contributed by atoms with Gasteiger partial charge >= 0.3 is 0 Å². The number of rotatable bonds is 7. The maximum absolute atomic E-state index is 12.1. The van der Waals surface area contributed by atoms with E-state index < -0.39 is 5.60 Å². The number of carbonyl (C=O) groups is 1. The summed E-state index contributed by atoms with van der Waals surface area (Å²) in [6.07, 6.45) is 1.61. The predicted octanol–water partition coefficient (Wildman–Crippen LogP) is 0.210. The Labute approximate surface area is 112 Å². The molecule has 1 amide bonds. The quantitative estimate of drug-likeness (QED) is 0.767. The zero-order valence-electron chi connectivity index (χ0n) is 12.0. The van der Waals surface area contributed by atoms with Gasteiger partial charge in [-0.05, 0) is 6.92 Å². The van der Waals surface area contributed by atoms with Gasteiger partial charge in [-0.25, -0.2) is 0 Å². The van der Waals surface area contributed by atoms with Gasteiger partial charge in [0.1, 0.15) is 11.2 Å². The van der Waals surface area contributed by atoms with Gasteiger partial charge in [0.15, 0.2) is 0 Å². The number of aryl methyl sites for hydroxylation is 1. The second-order valence-electron chi connectivity index (χ2n) is 4.50. The zero-order valence-corrected chi connectivity index (χ0v) is 12.0. The first-order valence-electron chi connectivity index (χ1n) is 5.85. The van der Waals surface area contributed by atoms with Crippen molar-refractivity contribution in [1.29, 1.82) is 0 Å². The maximum Gasteiger partial charge on any atom is 0.258 e. The van der Waals surface area contributed by atoms with Gasteiger partial charge in [0, 0.05) is 34.0 Å². The summed E-state index contributed by atoms with van der Waals surface area (Å²) >= 11 is 0. The van der Waals surface area contributed by atoms with Gasteiger partial charge in [0.2, 0.25) is 5.88 Å². The molecule has 7 nitrogen and oxygen atoms in total. The maximum atomic E-state index is 12.1. The molecule has 0 fully saturated rings. The third-order valence-electron chi connectivity index (χ3n) is 2.80. The molecule has 1 aromatic heterocycles. The number of ether oxygens (including phenoxy) is 3. The first-order chi connectivity index (χ1) is 8.95. The molecule has 1 N–H and O–H groups in total. The van der Waals surface area contributed by atoms with E-state index in [1.807, 2.05) is 6.92 Å². The molecule has 1 unspecified atom stereocenters. The number of amides is 1. The van der Waals surface area contributed by atoms with Crippen LogP contribution in [-0.2, 0) is 16.5 Å². The minimum Gasteiger partial charge on any atom is -0.479 e. The van der Waals surface area contributed by atoms with Crippen LogP contribution in [0.1, 0.15) is 17.3 Å². The molecule has 0 bridgehead atoms. The third-order valence-corrected chi connectivity index (χ3v) is 2.80. The van der Waals surface area contributed by atoms with Gasteiger partial charge in [0.25, 0.3) is 5.91 Å². The van der Waals surface area contributed by atoms with Gasteiger partial charge in [0.05, 0.1) is 13.7 Å². The van der Waals surface area contributed by atoms with E-state index in [2.05, 4.69) is 10.4 Å². The second kappa shape index (κ2) is 6.53. The van der Waals surface area contributed by atoms with Crippen LogP contribution in [0.4, 0.5) is 0 Å². The highest BCUT2D eigenvalue weighted by molar-refractivity contribution is 5.96. The summed E-state index contributed by atoms with van der Waals surface area (Å²) in [7, 11) is 6.37. The molecule has 1 aromatic rings. The van der Waals surface area contributed by atoms with Crippen LogP contribution in [0.2, 0.25) is 0 Å². The highest BCUT2D eigenvalue weighted by Gasteiger charge is 2.26. The lowest BCUT2D eigenvalue weighted by Crippen LogP contribution is -2.45. The van der Waals surface area contributed by atoms with Crippen molar-refractivity contribution < 1.29 is 19.0 Å². The number of aromatic nitrogens is 2. The lowest BCUT2D eigenvalue weighted by molar-refractivity contribution is -0.0479. The smallest absolute Gasteiger partial charge is 0.258 e. The van der Waals surface area contributed by atoms with E-state index in [4.69, 9.17) is 14.2 Å². The SMILES string of the molecule is COCC(C)(CNC(=O)c1cn(C)nc1OC)OC. The van der Waals surface area contributed by atoms with E-state index in [0.29, 0.717) is 24.6 Å². The average molecular weight is 271 g/mol. The van der Waals surface area contributed by atoms with Crippen LogP contribution in [0.25, 0.3) is 0 Å². The van der Waals surface area contributed by atoms with E-state index >= 15 is 0 Å². The fraction of sp³-hybridized carbons (Fsp3) is 0.667. The van der Waals surface area contributed by atoms with Crippen molar-refractivity contribution in [2.24, 2.45) is 7.05 Å². The summed E-state index contributed by atoms with van der Waals surface area (Å²) in [6.45, 7) is 2.57. The monoisotopic (exact) mass is 271 g/mol. The van der Waals surface area contributed by atoms with Gasteiger partial charge in [-0.15, -0.1) is 5.10 Å². The van der Waals surface area contributed by atoms with Crippen molar-refractivity contribution in [3.63, 3.8) is 0 Å². The van der Waals surface area contributed by atoms with Crippen LogP contribution in [0.5, 0.6) is 5.88 Å². The Bertz CT molecular complexity index is 433. The van der Waals surface area contributed by atoms with Gasteiger partial charge in [-0.3, -0.25) is 9.48 Å². The van der Waals surface area contributed by atoms with Crippen molar-refractivity contribution in [2.75, 3.05) is 34.5 Å². The number of methoxy groups -OCH3 is 3. The average Bonchev–Trinajstić information content (AvgIpc) is 2.77. The molecular weight excluding hydrogens is 250 g/mol. The second-order valence-corrected chi connectivity index (χ2v) is 4.50. The molecule has 1 heterocycles. The third kappa shape index (κ3) is 3.93. The van der Waals surface area contributed by atoms with Gasteiger partial charge in [-0.2, -0.15) is 0 Å². The number of nitrogens with zero attached hydrogens (tertiary/aromatic N) is 2. The number of hydrogen-bond acceptors (Lipinski definition) is 5. The molecule has 0 spiro atoms. The van der Waals surface area contributed by atoms with E-state index in [9.17, 15) is 4.79 Å². The summed E-state index contributed by atoms with van der Waals surface area (Å²) in [5.41, 5.74) is -0.180. The lowest BCUT2D eigenvalue weighted by Gasteiger charge is -2.27. The van der Waals surface area contributed by atoms with E-state index in [0.717, 1.165) is 0 Å². The summed E-state index contributed by atoms with van der Waals surface area (Å²) in [5.74, 6) is 0.0372. The fourth-order valence-electron chi connectivity index (χ4n) is 1.62. The van der Waals surface area contributed by atoms with Crippen LogP contribution >= 0.6 is 0 Å². The van der Waals surface area contributed by atoms with Gasteiger partial charge in [-0.1, -0.05) is 0 Å². The topological polar surface area (TPSA) is 74.6 Å². The molecule has 7 heteroatoms. The van der Waals surface area contributed by atoms with Crippen LogP contribution in [0.15, 0.2) is 6.20 Å².